The van der Waals surface area contributed by atoms with Gasteiger partial charge < -0.3 is 4.90 Å². The van der Waals surface area contributed by atoms with Crippen molar-refractivity contribution in [2.75, 3.05) is 28.2 Å². The van der Waals surface area contributed by atoms with E-state index in [1.807, 2.05) is 51.3 Å². The molecule has 2 nitrogen and oxygen atoms in total. The van der Waals surface area contributed by atoms with Crippen LogP contribution >= 0.6 is 11.8 Å². The van der Waals surface area contributed by atoms with Crippen molar-refractivity contribution in [3.05, 3.63) is 35.9 Å². The van der Waals surface area contributed by atoms with Crippen LogP contribution in [0.1, 0.15) is 5.56 Å². The molecule has 1 aromatic rings. The van der Waals surface area contributed by atoms with Crippen LogP contribution in [0.3, 0.4) is 0 Å². The van der Waals surface area contributed by atoms with Gasteiger partial charge in [-0.2, -0.15) is 0 Å². The lowest BCUT2D eigenvalue weighted by Crippen LogP contribution is -2.03. The molecule has 0 fully saturated rings. The van der Waals surface area contributed by atoms with Crippen LogP contribution in [0.4, 0.5) is 0 Å². The monoisotopic (exact) mass is 214 g/mol. The maximum Gasteiger partial charge on any atom is 0.0386 e. The second-order valence-electron chi connectivity index (χ2n) is 3.59. The third kappa shape index (κ3) is 9.52. The second kappa shape index (κ2) is 7.80. The number of rotatable bonds is 2. The molecule has 0 N–H and O–H groups in total. The van der Waals surface area contributed by atoms with Crippen LogP contribution in [0.25, 0.3) is 0 Å². The highest BCUT2D eigenvalue weighted by Crippen LogP contribution is 2.03. The summed E-state index contributed by atoms with van der Waals surface area (Å²) in [6, 6.07) is 10.1. The lowest BCUT2D eigenvalue weighted by molar-refractivity contribution is 0.505. The molecule has 0 aliphatic heterocycles. The molecule has 0 aromatic heterocycles. The smallest absolute Gasteiger partial charge is 0.0386 e. The minimum absolute atomic E-state index is 0.794. The van der Waals surface area contributed by atoms with E-state index in [1.165, 1.54) is 5.56 Å². The van der Waals surface area contributed by atoms with Crippen molar-refractivity contribution in [1.82, 2.24) is 9.32 Å². The molecule has 0 unspecified atom stereocenters. The van der Waals surface area contributed by atoms with E-state index in [0.29, 0.717) is 0 Å². The van der Waals surface area contributed by atoms with Gasteiger partial charge in [0.1, 0.15) is 0 Å². The SMILES string of the molecule is CN(C)C.CN(Cl)Cc1ccccc1. The second-order valence-corrected chi connectivity index (χ2v) is 4.17. The maximum atomic E-state index is 5.65. The summed E-state index contributed by atoms with van der Waals surface area (Å²) in [5.41, 5.74) is 1.24. The molecule has 0 spiro atoms. The highest BCUT2D eigenvalue weighted by atomic mass is 35.5. The summed E-state index contributed by atoms with van der Waals surface area (Å²) in [5.74, 6) is 0. The largest absolute Gasteiger partial charge is 0.312 e. The molecular formula is C11H19ClN2. The quantitative estimate of drug-likeness (QED) is 0.698. The number of benzene rings is 1. The van der Waals surface area contributed by atoms with Gasteiger partial charge >= 0.3 is 0 Å². The van der Waals surface area contributed by atoms with E-state index in [0.717, 1.165) is 6.54 Å². The minimum Gasteiger partial charge on any atom is -0.312 e. The zero-order chi connectivity index (χ0) is 11.0. The summed E-state index contributed by atoms with van der Waals surface area (Å²) in [5, 5.41) is 0. The van der Waals surface area contributed by atoms with Crippen molar-refractivity contribution in [2.45, 2.75) is 6.54 Å². The Morgan fingerprint density at radius 2 is 1.43 bits per heavy atom. The van der Waals surface area contributed by atoms with Gasteiger partial charge in [-0.15, -0.1) is 0 Å². The molecule has 0 bridgehead atoms. The topological polar surface area (TPSA) is 6.48 Å². The van der Waals surface area contributed by atoms with Crippen molar-refractivity contribution < 1.29 is 0 Å². The average Bonchev–Trinajstić information content (AvgIpc) is 2.03. The Morgan fingerprint density at radius 3 is 1.79 bits per heavy atom. The molecule has 0 aliphatic rings. The fraction of sp³-hybridized carbons (Fsp3) is 0.455. The molecule has 14 heavy (non-hydrogen) atoms. The van der Waals surface area contributed by atoms with Crippen molar-refractivity contribution in [3.8, 4) is 0 Å². The Bertz CT molecular complexity index is 219. The minimum atomic E-state index is 0.794. The van der Waals surface area contributed by atoms with Crippen LogP contribution in [0.15, 0.2) is 30.3 Å². The van der Waals surface area contributed by atoms with Gasteiger partial charge in [0, 0.05) is 13.6 Å². The summed E-state index contributed by atoms with van der Waals surface area (Å²) >= 11 is 5.65. The number of hydrogen-bond acceptors (Lipinski definition) is 2. The van der Waals surface area contributed by atoms with Crippen LogP contribution < -0.4 is 0 Å². The van der Waals surface area contributed by atoms with Crippen LogP contribution in [0.5, 0.6) is 0 Å². The van der Waals surface area contributed by atoms with Crippen LogP contribution in [-0.4, -0.2) is 37.5 Å². The van der Waals surface area contributed by atoms with Crippen molar-refractivity contribution in [3.63, 3.8) is 0 Å². The normalized spacial score (nSPS) is 9.93. The highest BCUT2D eigenvalue weighted by Gasteiger charge is 1.92. The Morgan fingerprint density at radius 1 is 1.00 bits per heavy atom. The zero-order valence-electron chi connectivity index (χ0n) is 9.37. The third-order valence-electron chi connectivity index (χ3n) is 1.24. The van der Waals surface area contributed by atoms with E-state index >= 15 is 0 Å². The van der Waals surface area contributed by atoms with Crippen molar-refractivity contribution >= 4 is 11.8 Å². The number of halogens is 1. The molecule has 0 radical (unpaired) electrons. The summed E-state index contributed by atoms with van der Waals surface area (Å²) in [7, 11) is 7.84. The molecule has 0 amide bonds. The van der Waals surface area contributed by atoms with Gasteiger partial charge in [-0.25, -0.2) is 4.42 Å². The van der Waals surface area contributed by atoms with Crippen molar-refractivity contribution in [2.24, 2.45) is 0 Å². The molecule has 3 heteroatoms. The van der Waals surface area contributed by atoms with E-state index < -0.39 is 0 Å². The maximum absolute atomic E-state index is 5.65. The summed E-state index contributed by atoms with van der Waals surface area (Å²) in [6.45, 7) is 0.794. The highest BCUT2D eigenvalue weighted by molar-refractivity contribution is 6.13. The average molecular weight is 215 g/mol. The fourth-order valence-electron chi connectivity index (χ4n) is 0.835. The number of nitrogens with zero attached hydrogens (tertiary/aromatic N) is 2. The van der Waals surface area contributed by atoms with E-state index in [2.05, 4.69) is 12.1 Å². The first-order chi connectivity index (χ1) is 6.52. The predicted octanol–water partition coefficient (Wildman–Crippen LogP) is 2.45. The Hall–Kier alpha value is -0.570. The fourth-order valence-corrected chi connectivity index (χ4v) is 0.973. The molecular weight excluding hydrogens is 196 g/mol. The molecule has 0 atom stereocenters. The van der Waals surface area contributed by atoms with Gasteiger partial charge in [0.05, 0.1) is 0 Å². The van der Waals surface area contributed by atoms with E-state index in [-0.39, 0.29) is 0 Å². The summed E-state index contributed by atoms with van der Waals surface area (Å²) in [4.78, 5) is 2.00. The molecule has 0 saturated carbocycles. The molecule has 0 aliphatic carbocycles. The van der Waals surface area contributed by atoms with E-state index in [1.54, 1.807) is 4.42 Å². The summed E-state index contributed by atoms with van der Waals surface area (Å²) < 4.78 is 1.63. The Labute approximate surface area is 92.2 Å². The lowest BCUT2D eigenvalue weighted by Gasteiger charge is -2.04. The Balaban J connectivity index is 0.000000364. The van der Waals surface area contributed by atoms with Gasteiger partial charge in [-0.3, -0.25) is 0 Å². The first-order valence-corrected chi connectivity index (χ1v) is 4.88. The molecule has 1 aromatic carbocycles. The summed E-state index contributed by atoms with van der Waals surface area (Å²) in [6.07, 6.45) is 0. The van der Waals surface area contributed by atoms with Crippen LogP contribution in [0, 0.1) is 0 Å². The predicted molar refractivity (Wildman–Crippen MR) is 63.4 cm³/mol. The standard InChI is InChI=1S/C8H10ClN.C3H9N/c1-10(9)7-8-5-3-2-4-6-8;1-4(2)3/h2-6H,7H2,1H3;1-3H3. The molecule has 80 valence electrons. The van der Waals surface area contributed by atoms with Gasteiger partial charge in [0.2, 0.25) is 0 Å². The van der Waals surface area contributed by atoms with E-state index in [4.69, 9.17) is 11.8 Å². The van der Waals surface area contributed by atoms with Crippen LogP contribution in [-0.2, 0) is 6.54 Å². The molecule has 0 saturated heterocycles. The zero-order valence-corrected chi connectivity index (χ0v) is 10.1. The van der Waals surface area contributed by atoms with Gasteiger partial charge in [-0.05, 0) is 38.5 Å². The van der Waals surface area contributed by atoms with Gasteiger partial charge in [0.15, 0.2) is 0 Å². The first-order valence-electron chi connectivity index (χ1n) is 4.54. The van der Waals surface area contributed by atoms with Crippen molar-refractivity contribution in [1.29, 1.82) is 0 Å². The van der Waals surface area contributed by atoms with Gasteiger partial charge in [-0.1, -0.05) is 30.3 Å². The lowest BCUT2D eigenvalue weighted by atomic mass is 10.2. The molecule has 0 heterocycles. The van der Waals surface area contributed by atoms with E-state index in [9.17, 15) is 0 Å². The number of hydrogen-bond donors (Lipinski definition) is 0. The van der Waals surface area contributed by atoms with Crippen LogP contribution in [0.2, 0.25) is 0 Å². The molecule has 1 rings (SSSR count). The Kier molecular flexibility index (Phi) is 7.48. The van der Waals surface area contributed by atoms with Gasteiger partial charge in [0.25, 0.3) is 0 Å². The third-order valence-corrected chi connectivity index (χ3v) is 1.36. The first kappa shape index (κ1) is 13.4.